The SMILES string of the molecule is NCCc1ccc(OC(=O)Oc2ccc(CCN)cc2)cc1. The van der Waals surface area contributed by atoms with E-state index in [0.717, 1.165) is 24.0 Å². The molecule has 0 aliphatic heterocycles. The number of benzene rings is 2. The van der Waals surface area contributed by atoms with Gasteiger partial charge in [-0.2, -0.15) is 0 Å². The van der Waals surface area contributed by atoms with Gasteiger partial charge in [0.2, 0.25) is 0 Å². The molecule has 0 fully saturated rings. The van der Waals surface area contributed by atoms with E-state index in [-0.39, 0.29) is 0 Å². The van der Waals surface area contributed by atoms with Crippen molar-refractivity contribution in [1.82, 2.24) is 0 Å². The van der Waals surface area contributed by atoms with Crippen molar-refractivity contribution in [1.29, 1.82) is 0 Å². The number of hydrogen-bond acceptors (Lipinski definition) is 5. The van der Waals surface area contributed by atoms with Crippen molar-refractivity contribution in [3.05, 3.63) is 59.7 Å². The normalized spacial score (nSPS) is 10.3. The standard InChI is InChI=1S/C17H20N2O3/c18-11-9-13-1-5-15(6-2-13)21-17(20)22-16-7-3-14(4-8-16)10-12-19/h1-8H,9-12,18-19H2. The summed E-state index contributed by atoms with van der Waals surface area (Å²) in [4.78, 5) is 11.7. The van der Waals surface area contributed by atoms with Crippen LogP contribution in [-0.4, -0.2) is 19.2 Å². The highest BCUT2D eigenvalue weighted by Crippen LogP contribution is 2.16. The van der Waals surface area contributed by atoms with Crippen LogP contribution in [0.5, 0.6) is 11.5 Å². The third kappa shape index (κ3) is 4.87. The molecule has 0 bridgehead atoms. The summed E-state index contributed by atoms with van der Waals surface area (Å²) < 4.78 is 10.2. The minimum Gasteiger partial charge on any atom is -0.395 e. The lowest BCUT2D eigenvalue weighted by molar-refractivity contribution is 0.152. The van der Waals surface area contributed by atoms with E-state index < -0.39 is 6.16 Å². The Balaban J connectivity index is 1.89. The molecule has 0 saturated heterocycles. The molecule has 0 aliphatic rings. The van der Waals surface area contributed by atoms with Crippen LogP contribution in [0.25, 0.3) is 0 Å². The van der Waals surface area contributed by atoms with Crippen molar-refractivity contribution in [2.75, 3.05) is 13.1 Å². The third-order valence-corrected chi connectivity index (χ3v) is 3.12. The van der Waals surface area contributed by atoms with Gasteiger partial charge in [-0.3, -0.25) is 0 Å². The van der Waals surface area contributed by atoms with Crippen LogP contribution >= 0.6 is 0 Å². The van der Waals surface area contributed by atoms with Crippen LogP contribution in [0.1, 0.15) is 11.1 Å². The molecular formula is C17H20N2O3. The molecule has 0 unspecified atom stereocenters. The second-order valence-electron chi connectivity index (χ2n) is 4.82. The van der Waals surface area contributed by atoms with Gasteiger partial charge in [-0.15, -0.1) is 0 Å². The van der Waals surface area contributed by atoms with Crippen LogP contribution < -0.4 is 20.9 Å². The molecule has 0 heterocycles. The maximum Gasteiger partial charge on any atom is 0.519 e. The van der Waals surface area contributed by atoms with Crippen molar-refractivity contribution < 1.29 is 14.3 Å². The Morgan fingerprint density at radius 1 is 0.727 bits per heavy atom. The van der Waals surface area contributed by atoms with Gasteiger partial charge in [0.05, 0.1) is 0 Å². The number of nitrogens with two attached hydrogens (primary N) is 2. The lowest BCUT2D eigenvalue weighted by atomic mass is 10.1. The average Bonchev–Trinajstić information content (AvgIpc) is 2.52. The topological polar surface area (TPSA) is 87.6 Å². The molecule has 2 aromatic rings. The predicted molar refractivity (Wildman–Crippen MR) is 85.1 cm³/mol. The summed E-state index contributed by atoms with van der Waals surface area (Å²) in [5, 5.41) is 0. The highest BCUT2D eigenvalue weighted by Gasteiger charge is 2.08. The number of carbonyl (C=O) groups is 1. The number of carbonyl (C=O) groups excluding carboxylic acids is 1. The summed E-state index contributed by atoms with van der Waals surface area (Å²) in [7, 11) is 0. The van der Waals surface area contributed by atoms with E-state index in [9.17, 15) is 4.79 Å². The Kier molecular flexibility index (Phi) is 5.94. The van der Waals surface area contributed by atoms with Crippen LogP contribution in [-0.2, 0) is 12.8 Å². The Bertz CT molecular complexity index is 541. The molecule has 0 saturated carbocycles. The molecule has 0 radical (unpaired) electrons. The quantitative estimate of drug-likeness (QED) is 0.631. The lowest BCUT2D eigenvalue weighted by Gasteiger charge is -2.07. The molecule has 0 amide bonds. The van der Waals surface area contributed by atoms with Gasteiger partial charge >= 0.3 is 6.16 Å². The van der Waals surface area contributed by atoms with Gasteiger partial charge in [-0.1, -0.05) is 24.3 Å². The van der Waals surface area contributed by atoms with Crippen LogP contribution in [0.4, 0.5) is 4.79 Å². The van der Waals surface area contributed by atoms with Crippen molar-refractivity contribution in [2.45, 2.75) is 12.8 Å². The van der Waals surface area contributed by atoms with E-state index in [1.54, 1.807) is 24.3 Å². The smallest absolute Gasteiger partial charge is 0.395 e. The van der Waals surface area contributed by atoms with E-state index >= 15 is 0 Å². The number of rotatable bonds is 6. The van der Waals surface area contributed by atoms with Crippen LogP contribution in [0.15, 0.2) is 48.5 Å². The monoisotopic (exact) mass is 300 g/mol. The van der Waals surface area contributed by atoms with Gasteiger partial charge < -0.3 is 20.9 Å². The van der Waals surface area contributed by atoms with Crippen LogP contribution in [0.3, 0.4) is 0 Å². The van der Waals surface area contributed by atoms with Crippen LogP contribution in [0, 0.1) is 0 Å². The first-order chi connectivity index (χ1) is 10.7. The van der Waals surface area contributed by atoms with Gasteiger partial charge in [-0.25, -0.2) is 4.79 Å². The summed E-state index contributed by atoms with van der Waals surface area (Å²) in [6.07, 6.45) is 0.817. The maximum atomic E-state index is 11.7. The van der Waals surface area contributed by atoms with Gasteiger partial charge in [0.15, 0.2) is 0 Å². The highest BCUT2D eigenvalue weighted by atomic mass is 16.7. The molecule has 22 heavy (non-hydrogen) atoms. The Morgan fingerprint density at radius 3 is 1.41 bits per heavy atom. The molecule has 0 aliphatic carbocycles. The summed E-state index contributed by atoms with van der Waals surface area (Å²) in [6.45, 7) is 1.17. The number of hydrogen-bond donors (Lipinski definition) is 2. The van der Waals surface area contributed by atoms with Gasteiger partial charge in [0.25, 0.3) is 0 Å². The summed E-state index contributed by atoms with van der Waals surface area (Å²) >= 11 is 0. The largest absolute Gasteiger partial charge is 0.519 e. The Labute approximate surface area is 129 Å². The first kappa shape index (κ1) is 16.0. The summed E-state index contributed by atoms with van der Waals surface area (Å²) in [6, 6.07) is 14.4. The molecule has 0 aromatic heterocycles. The first-order valence-corrected chi connectivity index (χ1v) is 7.19. The fraction of sp³-hybridized carbons (Fsp3) is 0.235. The molecule has 2 rings (SSSR count). The van der Waals surface area contributed by atoms with Crippen molar-refractivity contribution >= 4 is 6.16 Å². The zero-order chi connectivity index (χ0) is 15.8. The first-order valence-electron chi connectivity index (χ1n) is 7.19. The van der Waals surface area contributed by atoms with Gasteiger partial charge in [-0.05, 0) is 61.3 Å². The molecule has 0 spiro atoms. The van der Waals surface area contributed by atoms with E-state index in [1.165, 1.54) is 0 Å². The minimum atomic E-state index is -0.766. The molecule has 2 aromatic carbocycles. The lowest BCUT2D eigenvalue weighted by Crippen LogP contribution is -2.13. The zero-order valence-electron chi connectivity index (χ0n) is 12.3. The van der Waals surface area contributed by atoms with Crippen molar-refractivity contribution in [3.63, 3.8) is 0 Å². The Morgan fingerprint density at radius 2 is 1.09 bits per heavy atom. The fourth-order valence-corrected chi connectivity index (χ4v) is 1.99. The zero-order valence-corrected chi connectivity index (χ0v) is 12.3. The molecular weight excluding hydrogens is 280 g/mol. The second kappa shape index (κ2) is 8.17. The molecule has 4 N–H and O–H groups in total. The van der Waals surface area contributed by atoms with E-state index in [2.05, 4.69) is 0 Å². The second-order valence-corrected chi connectivity index (χ2v) is 4.82. The fourth-order valence-electron chi connectivity index (χ4n) is 1.99. The predicted octanol–water partition coefficient (Wildman–Crippen LogP) is 2.27. The van der Waals surface area contributed by atoms with Crippen molar-refractivity contribution in [3.8, 4) is 11.5 Å². The van der Waals surface area contributed by atoms with E-state index in [1.807, 2.05) is 24.3 Å². The van der Waals surface area contributed by atoms with E-state index in [0.29, 0.717) is 24.6 Å². The summed E-state index contributed by atoms with van der Waals surface area (Å²) in [5.41, 5.74) is 13.2. The molecule has 5 nitrogen and oxygen atoms in total. The Hall–Kier alpha value is -2.37. The average molecular weight is 300 g/mol. The van der Waals surface area contributed by atoms with Crippen LogP contribution in [0.2, 0.25) is 0 Å². The minimum absolute atomic E-state index is 0.436. The van der Waals surface area contributed by atoms with Gasteiger partial charge in [0.1, 0.15) is 11.5 Å². The maximum absolute atomic E-state index is 11.7. The molecule has 116 valence electrons. The number of ether oxygens (including phenoxy) is 2. The highest BCUT2D eigenvalue weighted by molar-refractivity contribution is 5.67. The molecule has 5 heteroatoms. The summed E-state index contributed by atoms with van der Waals surface area (Å²) in [5.74, 6) is 0.871. The third-order valence-electron chi connectivity index (χ3n) is 3.12. The van der Waals surface area contributed by atoms with Crippen molar-refractivity contribution in [2.24, 2.45) is 11.5 Å². The van der Waals surface area contributed by atoms with Gasteiger partial charge in [0, 0.05) is 0 Å². The molecule has 0 atom stereocenters. The van der Waals surface area contributed by atoms with E-state index in [4.69, 9.17) is 20.9 Å².